The SMILES string of the molecule is CC/C=C/C/C=C/C/C=C/C/C=C/C/C=C/C/C=C/CCC(=O)O[C@H](COC(=O)CCCCC/C=C/CCCCCCCCCC)COP(=O)(O)OC1C(O)C(O)C(O)[C@@H](O)C1O. The first-order chi connectivity index (χ1) is 30.4. The molecule has 0 heterocycles. The van der Waals surface area contributed by atoms with E-state index in [2.05, 4.69) is 80.7 Å². The van der Waals surface area contributed by atoms with Crippen LogP contribution in [0.5, 0.6) is 0 Å². The molecule has 0 saturated heterocycles. The molecule has 0 spiro atoms. The standard InChI is InChI=1S/C49H81O13P/c1-3-5-7-9-11-13-15-17-19-20-21-22-24-26-28-30-32-34-36-38-43(51)61-41(40-60-63(57,58)62-49-47(55)45(53)44(52)46(54)48(49)56)39-59-42(50)37-35-33-31-29-27-25-23-18-16-14-12-10-8-6-4-2/h5,7,11,13,17,19,21-22,25-28,32,34,41,44-49,52-56H,3-4,6,8-10,12,14-16,18,20,23-24,29-31,33,35-40H2,1-2H3,(H,57,58)/b7-5+,13-11+,19-17+,22-21+,27-25+,28-26+,34-32+/t41-,44?,45-,46?,47?,48?,49?/m1/s1. The molecule has 8 atom stereocenters. The van der Waals surface area contributed by atoms with Crippen molar-refractivity contribution >= 4 is 19.8 Å². The van der Waals surface area contributed by atoms with Gasteiger partial charge in [-0.05, 0) is 77.0 Å². The molecule has 0 bridgehead atoms. The average Bonchev–Trinajstić information content (AvgIpc) is 3.26. The summed E-state index contributed by atoms with van der Waals surface area (Å²) < 4.78 is 33.4. The van der Waals surface area contributed by atoms with Crippen molar-refractivity contribution in [2.75, 3.05) is 13.2 Å². The van der Waals surface area contributed by atoms with Crippen LogP contribution in [0.2, 0.25) is 0 Å². The van der Waals surface area contributed by atoms with Crippen LogP contribution in [0.4, 0.5) is 0 Å². The van der Waals surface area contributed by atoms with Crippen LogP contribution in [0.15, 0.2) is 85.1 Å². The van der Waals surface area contributed by atoms with E-state index in [9.17, 15) is 44.6 Å². The largest absolute Gasteiger partial charge is 0.472 e. The first-order valence-corrected chi connectivity index (χ1v) is 24.9. The fourth-order valence-electron chi connectivity index (χ4n) is 6.48. The highest BCUT2D eigenvalue weighted by Crippen LogP contribution is 2.47. The Morgan fingerprint density at radius 1 is 0.508 bits per heavy atom. The summed E-state index contributed by atoms with van der Waals surface area (Å²) in [4.78, 5) is 35.7. The van der Waals surface area contributed by atoms with E-state index in [0.29, 0.717) is 19.3 Å². The van der Waals surface area contributed by atoms with Gasteiger partial charge in [-0.15, -0.1) is 0 Å². The number of esters is 2. The molecule has 6 unspecified atom stereocenters. The highest BCUT2D eigenvalue weighted by molar-refractivity contribution is 7.47. The maximum absolute atomic E-state index is 12.8. The molecule has 0 aliphatic heterocycles. The normalized spacial score (nSPS) is 22.5. The van der Waals surface area contributed by atoms with Gasteiger partial charge in [-0.1, -0.05) is 150 Å². The maximum Gasteiger partial charge on any atom is 0.472 e. The second-order valence-corrected chi connectivity index (χ2v) is 17.3. The summed E-state index contributed by atoms with van der Waals surface area (Å²) in [7, 11) is -5.15. The van der Waals surface area contributed by atoms with Gasteiger partial charge in [0.1, 0.15) is 43.2 Å². The molecule has 6 N–H and O–H groups in total. The second kappa shape index (κ2) is 38.3. The maximum atomic E-state index is 12.8. The topological polar surface area (TPSA) is 210 Å². The molecule has 1 aliphatic carbocycles. The Balaban J connectivity index is 2.53. The Labute approximate surface area is 378 Å². The number of hydrogen-bond acceptors (Lipinski definition) is 12. The van der Waals surface area contributed by atoms with Crippen LogP contribution in [0.1, 0.15) is 155 Å². The second-order valence-electron chi connectivity index (χ2n) is 15.9. The lowest BCUT2D eigenvalue weighted by Crippen LogP contribution is -2.64. The highest BCUT2D eigenvalue weighted by atomic mass is 31.2. The molecular formula is C49H81O13P. The van der Waals surface area contributed by atoms with Crippen molar-refractivity contribution in [2.24, 2.45) is 0 Å². The zero-order valence-corrected chi connectivity index (χ0v) is 39.0. The van der Waals surface area contributed by atoms with E-state index in [0.717, 1.165) is 57.8 Å². The number of allylic oxidation sites excluding steroid dienone is 14. The molecule has 360 valence electrons. The van der Waals surface area contributed by atoms with Crippen molar-refractivity contribution in [1.82, 2.24) is 0 Å². The lowest BCUT2D eigenvalue weighted by atomic mass is 9.85. The van der Waals surface area contributed by atoms with Crippen molar-refractivity contribution in [3.05, 3.63) is 85.1 Å². The number of carbonyl (C=O) groups is 2. The first-order valence-electron chi connectivity index (χ1n) is 23.4. The number of hydrogen-bond donors (Lipinski definition) is 6. The molecule has 14 heteroatoms. The Kier molecular flexibility index (Phi) is 35.3. The summed E-state index contributed by atoms with van der Waals surface area (Å²) in [5.74, 6) is -1.22. The molecule has 0 aromatic heterocycles. The third kappa shape index (κ3) is 30.7. The van der Waals surface area contributed by atoms with Gasteiger partial charge < -0.3 is 39.9 Å². The van der Waals surface area contributed by atoms with Gasteiger partial charge in [-0.2, -0.15) is 0 Å². The van der Waals surface area contributed by atoms with E-state index < -0.39 is 75.7 Å². The van der Waals surface area contributed by atoms with Crippen molar-refractivity contribution in [1.29, 1.82) is 0 Å². The Morgan fingerprint density at radius 2 is 0.937 bits per heavy atom. The van der Waals surface area contributed by atoms with E-state index in [-0.39, 0.29) is 12.8 Å². The number of ether oxygens (including phenoxy) is 2. The van der Waals surface area contributed by atoms with Gasteiger partial charge in [0.05, 0.1) is 6.61 Å². The number of unbranched alkanes of at least 4 members (excludes halogenated alkanes) is 11. The van der Waals surface area contributed by atoms with Crippen molar-refractivity contribution < 1.29 is 63.1 Å². The van der Waals surface area contributed by atoms with Crippen molar-refractivity contribution in [2.45, 2.75) is 198 Å². The molecule has 63 heavy (non-hydrogen) atoms. The van der Waals surface area contributed by atoms with Gasteiger partial charge in [0.25, 0.3) is 0 Å². The smallest absolute Gasteiger partial charge is 0.462 e. The fourth-order valence-corrected chi connectivity index (χ4v) is 7.46. The summed E-state index contributed by atoms with van der Waals surface area (Å²) in [6, 6.07) is 0. The van der Waals surface area contributed by atoms with Crippen LogP contribution in [-0.2, 0) is 32.7 Å². The molecule has 0 radical (unpaired) electrons. The first kappa shape index (κ1) is 58.0. The van der Waals surface area contributed by atoms with Crippen LogP contribution in [0.25, 0.3) is 0 Å². The van der Waals surface area contributed by atoms with Crippen molar-refractivity contribution in [3.63, 3.8) is 0 Å². The molecule has 1 saturated carbocycles. The number of aliphatic hydroxyl groups is 5. The van der Waals surface area contributed by atoms with E-state index in [4.69, 9.17) is 18.5 Å². The fraction of sp³-hybridized carbons (Fsp3) is 0.673. The minimum Gasteiger partial charge on any atom is -0.462 e. The van der Waals surface area contributed by atoms with Crippen LogP contribution < -0.4 is 0 Å². The monoisotopic (exact) mass is 909 g/mol. The molecular weight excluding hydrogens is 828 g/mol. The van der Waals surface area contributed by atoms with E-state index in [1.54, 1.807) is 0 Å². The quantitative estimate of drug-likeness (QED) is 0.0149. The number of rotatable bonds is 37. The molecule has 1 rings (SSSR count). The van der Waals surface area contributed by atoms with Gasteiger partial charge >= 0.3 is 19.8 Å². The van der Waals surface area contributed by atoms with Gasteiger partial charge in [-0.25, -0.2) is 4.57 Å². The summed E-state index contributed by atoms with van der Waals surface area (Å²) in [5, 5.41) is 50.1. The molecule has 0 aromatic rings. The van der Waals surface area contributed by atoms with Crippen LogP contribution >= 0.6 is 7.82 Å². The van der Waals surface area contributed by atoms with E-state index in [1.807, 2.05) is 18.2 Å². The Bertz CT molecular complexity index is 1420. The number of carbonyl (C=O) groups excluding carboxylic acids is 2. The average molecular weight is 909 g/mol. The van der Waals surface area contributed by atoms with Gasteiger partial charge in [0, 0.05) is 12.8 Å². The minimum absolute atomic E-state index is 0.0357. The van der Waals surface area contributed by atoms with Crippen molar-refractivity contribution in [3.8, 4) is 0 Å². The lowest BCUT2D eigenvalue weighted by Gasteiger charge is -2.41. The summed E-state index contributed by atoms with van der Waals surface area (Å²) in [6.07, 6.45) is 36.5. The Morgan fingerprint density at radius 3 is 1.44 bits per heavy atom. The van der Waals surface area contributed by atoms with Crippen LogP contribution in [0, 0.1) is 0 Å². The predicted molar refractivity (Wildman–Crippen MR) is 248 cm³/mol. The summed E-state index contributed by atoms with van der Waals surface area (Å²) in [6.45, 7) is 3.10. The highest BCUT2D eigenvalue weighted by Gasteiger charge is 2.51. The molecule has 1 aliphatic rings. The third-order valence-electron chi connectivity index (χ3n) is 10.2. The van der Waals surface area contributed by atoms with Crippen LogP contribution in [0.3, 0.4) is 0 Å². The molecule has 1 fully saturated rings. The zero-order chi connectivity index (χ0) is 46.4. The molecule has 13 nitrogen and oxygen atoms in total. The van der Waals surface area contributed by atoms with Gasteiger partial charge in [0.15, 0.2) is 6.10 Å². The predicted octanol–water partition coefficient (Wildman–Crippen LogP) is 9.28. The Hall–Kier alpha value is -2.97. The number of phosphoric ester groups is 1. The van der Waals surface area contributed by atoms with Crippen LogP contribution in [-0.4, -0.2) is 98.3 Å². The third-order valence-corrected chi connectivity index (χ3v) is 11.2. The number of phosphoric acid groups is 1. The summed E-state index contributed by atoms with van der Waals surface area (Å²) in [5.41, 5.74) is 0. The summed E-state index contributed by atoms with van der Waals surface area (Å²) >= 11 is 0. The van der Waals surface area contributed by atoms with E-state index >= 15 is 0 Å². The molecule has 0 amide bonds. The molecule has 0 aromatic carbocycles. The van der Waals surface area contributed by atoms with E-state index in [1.165, 1.54) is 51.4 Å². The number of aliphatic hydroxyl groups excluding tert-OH is 5. The zero-order valence-electron chi connectivity index (χ0n) is 38.1. The van der Waals surface area contributed by atoms with Gasteiger partial charge in [0.2, 0.25) is 0 Å². The lowest BCUT2D eigenvalue weighted by molar-refractivity contribution is -0.220. The van der Waals surface area contributed by atoms with Gasteiger partial charge in [-0.3, -0.25) is 18.6 Å². The minimum atomic E-state index is -5.15.